The van der Waals surface area contributed by atoms with Crippen LogP contribution >= 0.6 is 0 Å². The first-order valence-electron chi connectivity index (χ1n) is 10.2. The molecule has 1 aromatic carbocycles. The van der Waals surface area contributed by atoms with Gasteiger partial charge in [-0.3, -0.25) is 0 Å². The Bertz CT molecular complexity index is 795. The molecule has 0 radical (unpaired) electrons. The van der Waals surface area contributed by atoms with Crippen LogP contribution in [0.5, 0.6) is 5.75 Å². The van der Waals surface area contributed by atoms with Crippen LogP contribution < -0.4 is 15.4 Å². The van der Waals surface area contributed by atoms with Gasteiger partial charge in [0.25, 0.3) is 0 Å². The predicted molar refractivity (Wildman–Crippen MR) is 104 cm³/mol. The Kier molecular flexibility index (Phi) is 6.17. The van der Waals surface area contributed by atoms with Crippen molar-refractivity contribution in [2.75, 3.05) is 19.6 Å². The number of aromatic nitrogens is 1. The van der Waals surface area contributed by atoms with Crippen molar-refractivity contribution in [3.63, 3.8) is 0 Å². The minimum absolute atomic E-state index is 0.0336. The molecule has 2 N–H and O–H groups in total. The van der Waals surface area contributed by atoms with Crippen molar-refractivity contribution in [3.05, 3.63) is 59.4 Å². The molecule has 1 aromatic heterocycles. The lowest BCUT2D eigenvalue weighted by molar-refractivity contribution is 0.279. The number of hydrogen-bond donors (Lipinski definition) is 2. The van der Waals surface area contributed by atoms with Crippen molar-refractivity contribution in [2.24, 2.45) is 5.92 Å². The third kappa shape index (κ3) is 4.67. The Morgan fingerprint density at radius 3 is 2.82 bits per heavy atom. The lowest BCUT2D eigenvalue weighted by atomic mass is 9.95. The van der Waals surface area contributed by atoms with Gasteiger partial charge in [-0.15, -0.1) is 0 Å². The second kappa shape index (κ2) is 8.97. The lowest BCUT2D eigenvalue weighted by Crippen LogP contribution is -2.30. The highest BCUT2D eigenvalue weighted by Gasteiger charge is 2.40. The molecule has 1 aliphatic heterocycles. The van der Waals surface area contributed by atoms with Crippen molar-refractivity contribution in [2.45, 2.75) is 44.2 Å². The second-order valence-corrected chi connectivity index (χ2v) is 7.79. The quantitative estimate of drug-likeness (QED) is 0.677. The number of hydrogen-bond acceptors (Lipinski definition) is 4. The second-order valence-electron chi connectivity index (χ2n) is 7.79. The number of rotatable bonds is 8. The number of piperidine rings is 1. The minimum Gasteiger partial charge on any atom is -0.485 e. The molecule has 2 unspecified atom stereocenters. The number of benzene rings is 1. The van der Waals surface area contributed by atoms with Crippen LogP contribution in [0.4, 0.5) is 8.78 Å². The number of ether oxygens (including phenoxy) is 1. The maximum atomic E-state index is 14.4. The number of nitrogens with zero attached hydrogens (tertiary/aromatic N) is 1. The van der Waals surface area contributed by atoms with Gasteiger partial charge in [-0.1, -0.05) is 12.1 Å². The average molecular weight is 387 g/mol. The van der Waals surface area contributed by atoms with Crippen LogP contribution in [0.1, 0.15) is 42.7 Å². The summed E-state index contributed by atoms with van der Waals surface area (Å²) >= 11 is 0. The van der Waals surface area contributed by atoms with E-state index in [1.807, 2.05) is 6.07 Å². The zero-order valence-electron chi connectivity index (χ0n) is 16.0. The molecule has 0 bridgehead atoms. The van der Waals surface area contributed by atoms with E-state index in [-0.39, 0.29) is 18.3 Å². The summed E-state index contributed by atoms with van der Waals surface area (Å²) in [6.07, 6.45) is 6.06. The van der Waals surface area contributed by atoms with Crippen molar-refractivity contribution >= 4 is 0 Å². The van der Waals surface area contributed by atoms with Gasteiger partial charge in [-0.05, 0) is 69.4 Å². The van der Waals surface area contributed by atoms with E-state index < -0.39 is 11.8 Å². The van der Waals surface area contributed by atoms with Crippen LogP contribution in [0.25, 0.3) is 0 Å². The van der Waals surface area contributed by atoms with Crippen LogP contribution in [-0.4, -0.2) is 30.7 Å². The standard InChI is InChI=1S/C22H27F2N3O/c23-19-5-1-4-17(21(19)28-14-16-3-2-9-27-22(16)24)18-13-20(18)26-12-8-15-6-10-25-11-7-15/h1-5,9,15,18,20,25-26H,6-8,10-14H2. The molecular weight excluding hydrogens is 360 g/mol. The van der Waals surface area contributed by atoms with Crippen LogP contribution in [0.15, 0.2) is 36.5 Å². The van der Waals surface area contributed by atoms with Crippen LogP contribution in [0.3, 0.4) is 0 Å². The average Bonchev–Trinajstić information content (AvgIpc) is 3.48. The lowest BCUT2D eigenvalue weighted by Gasteiger charge is -2.22. The summed E-state index contributed by atoms with van der Waals surface area (Å²) in [4.78, 5) is 3.61. The third-order valence-electron chi connectivity index (χ3n) is 5.81. The molecule has 2 aliphatic rings. The molecule has 0 spiro atoms. The van der Waals surface area contributed by atoms with Crippen LogP contribution in [-0.2, 0) is 6.61 Å². The van der Waals surface area contributed by atoms with Crippen molar-refractivity contribution in [3.8, 4) is 5.75 Å². The Morgan fingerprint density at radius 2 is 2.00 bits per heavy atom. The number of halogens is 2. The molecule has 150 valence electrons. The molecule has 28 heavy (non-hydrogen) atoms. The van der Waals surface area contributed by atoms with Crippen molar-refractivity contribution < 1.29 is 13.5 Å². The molecule has 0 amide bonds. The molecule has 2 aromatic rings. The Labute approximate surface area is 164 Å². The first-order valence-corrected chi connectivity index (χ1v) is 10.2. The van der Waals surface area contributed by atoms with Gasteiger partial charge in [0.1, 0.15) is 6.61 Å². The smallest absolute Gasteiger partial charge is 0.219 e. The monoisotopic (exact) mass is 387 g/mol. The fraction of sp³-hybridized carbons (Fsp3) is 0.500. The van der Waals surface area contributed by atoms with Crippen molar-refractivity contribution in [1.82, 2.24) is 15.6 Å². The molecule has 2 atom stereocenters. The van der Waals surface area contributed by atoms with E-state index in [0.29, 0.717) is 11.6 Å². The molecular formula is C22H27F2N3O. The van der Waals surface area contributed by atoms with E-state index in [9.17, 15) is 8.78 Å². The summed E-state index contributed by atoms with van der Waals surface area (Å²) in [6.45, 7) is 3.21. The van der Waals surface area contributed by atoms with Gasteiger partial charge in [0.15, 0.2) is 11.6 Å². The van der Waals surface area contributed by atoms with Gasteiger partial charge >= 0.3 is 0 Å². The maximum absolute atomic E-state index is 14.4. The first kappa shape index (κ1) is 19.3. The Balaban J connectivity index is 1.33. The van der Waals surface area contributed by atoms with E-state index in [1.165, 1.54) is 31.5 Å². The van der Waals surface area contributed by atoms with E-state index >= 15 is 0 Å². The third-order valence-corrected chi connectivity index (χ3v) is 5.81. The summed E-state index contributed by atoms with van der Waals surface area (Å²) in [5.74, 6) is 0.302. The molecule has 1 saturated carbocycles. The first-order chi connectivity index (χ1) is 13.7. The summed E-state index contributed by atoms with van der Waals surface area (Å²) in [6, 6.07) is 8.63. The summed E-state index contributed by atoms with van der Waals surface area (Å²) in [5, 5.41) is 7.01. The van der Waals surface area contributed by atoms with Crippen molar-refractivity contribution in [1.29, 1.82) is 0 Å². The van der Waals surface area contributed by atoms with E-state index in [4.69, 9.17) is 4.74 Å². The normalized spacial score (nSPS) is 22.2. The van der Waals surface area contributed by atoms with E-state index in [0.717, 1.165) is 37.5 Å². The van der Waals surface area contributed by atoms with Crippen LogP contribution in [0.2, 0.25) is 0 Å². The molecule has 1 saturated heterocycles. The molecule has 4 nitrogen and oxygen atoms in total. The molecule has 2 fully saturated rings. The number of para-hydroxylation sites is 1. The van der Waals surface area contributed by atoms with E-state index in [1.54, 1.807) is 18.2 Å². The van der Waals surface area contributed by atoms with Gasteiger partial charge < -0.3 is 15.4 Å². The SMILES string of the molecule is Fc1cccc(C2CC2NCCC2CCNCC2)c1OCc1cccnc1F. The summed E-state index contributed by atoms with van der Waals surface area (Å²) in [5.41, 5.74) is 1.19. The zero-order chi connectivity index (χ0) is 19.3. The predicted octanol–water partition coefficient (Wildman–Crippen LogP) is 3.77. The highest BCUT2D eigenvalue weighted by Crippen LogP contribution is 2.45. The summed E-state index contributed by atoms with van der Waals surface area (Å²) < 4.78 is 33.8. The number of nitrogens with one attached hydrogen (secondary N) is 2. The van der Waals surface area contributed by atoms with Gasteiger partial charge in [-0.2, -0.15) is 4.39 Å². The molecule has 1 aliphatic carbocycles. The fourth-order valence-corrected chi connectivity index (χ4v) is 4.05. The topological polar surface area (TPSA) is 46.2 Å². The Morgan fingerprint density at radius 1 is 1.14 bits per heavy atom. The maximum Gasteiger partial charge on any atom is 0.219 e. The van der Waals surface area contributed by atoms with Gasteiger partial charge in [0.05, 0.1) is 0 Å². The van der Waals surface area contributed by atoms with E-state index in [2.05, 4.69) is 15.6 Å². The highest BCUT2D eigenvalue weighted by atomic mass is 19.1. The fourth-order valence-electron chi connectivity index (χ4n) is 4.05. The minimum atomic E-state index is -0.579. The zero-order valence-corrected chi connectivity index (χ0v) is 16.0. The van der Waals surface area contributed by atoms with Gasteiger partial charge in [0.2, 0.25) is 5.95 Å². The summed E-state index contributed by atoms with van der Waals surface area (Å²) in [7, 11) is 0. The van der Waals surface area contributed by atoms with Gasteiger partial charge in [-0.25, -0.2) is 9.37 Å². The molecule has 6 heteroatoms. The highest BCUT2D eigenvalue weighted by molar-refractivity contribution is 5.42. The molecule has 4 rings (SSSR count). The molecule has 2 heterocycles. The Hall–Kier alpha value is -2.05. The number of pyridine rings is 1. The largest absolute Gasteiger partial charge is 0.485 e. The van der Waals surface area contributed by atoms with Gasteiger partial charge in [0, 0.05) is 29.3 Å². The van der Waals surface area contributed by atoms with Crippen LogP contribution in [0, 0.1) is 17.7 Å².